The molecule has 314 valence electrons. The smallest absolute Gasteiger partial charge is 0.221 e. The lowest BCUT2D eigenvalue weighted by Crippen LogP contribution is -2.41. The van der Waals surface area contributed by atoms with Crippen molar-refractivity contribution in [3.05, 3.63) is 0 Å². The van der Waals surface area contributed by atoms with E-state index in [-0.39, 0.29) is 11.8 Å². The largest absolute Gasteiger partial charge is 0.356 e. The summed E-state index contributed by atoms with van der Waals surface area (Å²) in [6, 6.07) is 0.532. The molecule has 0 aliphatic heterocycles. The molecule has 1 rings (SSSR count). The van der Waals surface area contributed by atoms with E-state index in [1.54, 1.807) is 0 Å². The predicted octanol–water partition coefficient (Wildman–Crippen LogP) is 14.2. The molecule has 1 aliphatic carbocycles. The van der Waals surface area contributed by atoms with Crippen LogP contribution in [-0.2, 0) is 9.59 Å². The highest BCUT2D eigenvalue weighted by molar-refractivity contribution is 5.76. The van der Waals surface area contributed by atoms with E-state index < -0.39 is 0 Å². The number of nitrogens with one attached hydrogen (secondary N) is 2. The van der Waals surface area contributed by atoms with E-state index in [1.165, 1.54) is 225 Å². The minimum Gasteiger partial charge on any atom is -0.356 e. The van der Waals surface area contributed by atoms with Crippen LogP contribution in [0.2, 0.25) is 0 Å². The van der Waals surface area contributed by atoms with Crippen LogP contribution in [0.3, 0.4) is 0 Å². The number of carbonyl (C=O) groups excluding carboxylic acids is 2. The van der Waals surface area contributed by atoms with Gasteiger partial charge in [-0.05, 0) is 25.7 Å². The van der Waals surface area contributed by atoms with Gasteiger partial charge in [-0.1, -0.05) is 226 Å². The van der Waals surface area contributed by atoms with Gasteiger partial charge in [0.1, 0.15) is 0 Å². The summed E-state index contributed by atoms with van der Waals surface area (Å²) in [6.45, 7) is 7.76. The van der Waals surface area contributed by atoms with E-state index in [9.17, 15) is 9.59 Å². The zero-order chi connectivity index (χ0) is 38.1. The van der Waals surface area contributed by atoms with E-state index in [1.807, 2.05) is 0 Å². The summed E-state index contributed by atoms with van der Waals surface area (Å²) in [6.07, 6.45) is 51.3. The molecule has 0 saturated heterocycles. The molecule has 5 heteroatoms. The van der Waals surface area contributed by atoms with Crippen molar-refractivity contribution in [1.29, 1.82) is 0 Å². The van der Waals surface area contributed by atoms with Gasteiger partial charge in [0.2, 0.25) is 11.8 Å². The summed E-state index contributed by atoms with van der Waals surface area (Å²) in [5.74, 6) is 0.361. The fraction of sp³-hybridized carbons (Fsp3) is 0.958. The van der Waals surface area contributed by atoms with Crippen molar-refractivity contribution in [2.75, 3.05) is 26.2 Å². The molecule has 0 aromatic heterocycles. The highest BCUT2D eigenvalue weighted by atomic mass is 16.2. The molecule has 5 nitrogen and oxygen atoms in total. The van der Waals surface area contributed by atoms with Crippen LogP contribution in [0.1, 0.15) is 264 Å². The number of rotatable bonds is 41. The Morgan fingerprint density at radius 2 is 0.660 bits per heavy atom. The van der Waals surface area contributed by atoms with Gasteiger partial charge >= 0.3 is 0 Å². The molecule has 0 aromatic carbocycles. The Kier molecular flexibility index (Phi) is 38.2. The SMILES string of the molecule is CCCCCCCCCCCCCCCCCCNC(=O)CCN(CCC(=O)NCCCCCCCCCCCCCCCCCC)C1CCCCC1. The Morgan fingerprint density at radius 3 is 0.943 bits per heavy atom. The summed E-state index contributed by atoms with van der Waals surface area (Å²) in [7, 11) is 0. The minimum atomic E-state index is 0.180. The van der Waals surface area contributed by atoms with Gasteiger partial charge in [-0.25, -0.2) is 0 Å². The molecule has 1 saturated carbocycles. The van der Waals surface area contributed by atoms with E-state index in [0.29, 0.717) is 18.9 Å². The Hall–Kier alpha value is -1.10. The third-order valence-corrected chi connectivity index (χ3v) is 12.0. The number of hydrogen-bond donors (Lipinski definition) is 2. The highest BCUT2D eigenvalue weighted by Crippen LogP contribution is 2.23. The minimum absolute atomic E-state index is 0.180. The summed E-state index contributed by atoms with van der Waals surface area (Å²) >= 11 is 0. The fourth-order valence-electron chi connectivity index (χ4n) is 8.39. The monoisotopic (exact) mass is 746 g/mol. The van der Waals surface area contributed by atoms with Gasteiger partial charge in [0.15, 0.2) is 0 Å². The summed E-state index contributed by atoms with van der Waals surface area (Å²) in [5.41, 5.74) is 0. The quantitative estimate of drug-likeness (QED) is 0.0613. The maximum atomic E-state index is 12.7. The van der Waals surface area contributed by atoms with Crippen molar-refractivity contribution in [3.63, 3.8) is 0 Å². The zero-order valence-electron chi connectivity index (χ0n) is 36.2. The number of unbranched alkanes of at least 4 members (excludes halogenated alkanes) is 30. The Labute approximate surface area is 332 Å². The second-order valence-electron chi connectivity index (χ2n) is 17.1. The molecule has 0 heterocycles. The van der Waals surface area contributed by atoms with E-state index in [4.69, 9.17) is 0 Å². The van der Waals surface area contributed by atoms with Gasteiger partial charge in [-0.15, -0.1) is 0 Å². The first-order chi connectivity index (χ1) is 26.2. The van der Waals surface area contributed by atoms with Crippen molar-refractivity contribution >= 4 is 11.8 Å². The predicted molar refractivity (Wildman–Crippen MR) is 233 cm³/mol. The third kappa shape index (κ3) is 35.1. The van der Waals surface area contributed by atoms with Gasteiger partial charge in [0.05, 0.1) is 0 Å². The number of hydrogen-bond acceptors (Lipinski definition) is 3. The topological polar surface area (TPSA) is 61.4 Å². The van der Waals surface area contributed by atoms with Gasteiger partial charge in [-0.2, -0.15) is 0 Å². The molecule has 1 fully saturated rings. The second kappa shape index (κ2) is 40.6. The molecule has 0 aromatic rings. The second-order valence-corrected chi connectivity index (χ2v) is 17.1. The van der Waals surface area contributed by atoms with Crippen LogP contribution < -0.4 is 10.6 Å². The van der Waals surface area contributed by atoms with Crippen molar-refractivity contribution in [1.82, 2.24) is 15.5 Å². The normalized spacial score (nSPS) is 13.6. The number of nitrogens with zero attached hydrogens (tertiary/aromatic N) is 1. The molecule has 0 atom stereocenters. The summed E-state index contributed by atoms with van der Waals surface area (Å²) < 4.78 is 0. The molecule has 0 unspecified atom stereocenters. The molecule has 2 amide bonds. The van der Waals surface area contributed by atoms with Crippen LogP contribution in [0.5, 0.6) is 0 Å². The lowest BCUT2D eigenvalue weighted by molar-refractivity contribution is -0.121. The molecule has 53 heavy (non-hydrogen) atoms. The maximum absolute atomic E-state index is 12.7. The first-order valence-electron chi connectivity index (χ1n) is 24.4. The average Bonchev–Trinajstić information content (AvgIpc) is 3.17. The number of amides is 2. The Morgan fingerprint density at radius 1 is 0.396 bits per heavy atom. The molecular formula is C48H95N3O2. The van der Waals surface area contributed by atoms with Gasteiger partial charge in [-0.3, -0.25) is 14.5 Å². The van der Waals surface area contributed by atoms with E-state index >= 15 is 0 Å². The average molecular weight is 746 g/mol. The van der Waals surface area contributed by atoms with Crippen LogP contribution in [0.15, 0.2) is 0 Å². The van der Waals surface area contributed by atoms with Crippen LogP contribution in [0, 0.1) is 0 Å². The standard InChI is InChI=1S/C48H95N3O2/c1-3-5-7-9-11-13-15-17-19-21-23-25-27-29-31-36-42-49-47(52)40-44-51(46-38-34-33-35-39-46)45-41-48(53)50-43-37-32-30-28-26-24-22-20-18-16-14-12-10-8-6-4-2/h46H,3-45H2,1-2H3,(H,49,52)(H,50,53). The van der Waals surface area contributed by atoms with Crippen molar-refractivity contribution < 1.29 is 9.59 Å². The van der Waals surface area contributed by atoms with E-state index in [0.717, 1.165) is 39.0 Å². The van der Waals surface area contributed by atoms with Crippen LogP contribution in [0.4, 0.5) is 0 Å². The molecular weight excluding hydrogens is 651 g/mol. The van der Waals surface area contributed by atoms with Gasteiger partial charge in [0, 0.05) is 45.1 Å². The first kappa shape index (κ1) is 49.9. The van der Waals surface area contributed by atoms with Crippen LogP contribution >= 0.6 is 0 Å². The summed E-state index contributed by atoms with van der Waals surface area (Å²) in [5, 5.41) is 6.37. The van der Waals surface area contributed by atoms with E-state index in [2.05, 4.69) is 29.4 Å². The number of carbonyl (C=O) groups is 2. The van der Waals surface area contributed by atoms with Crippen LogP contribution in [0.25, 0.3) is 0 Å². The Balaban J connectivity index is 2.00. The summed E-state index contributed by atoms with van der Waals surface area (Å²) in [4.78, 5) is 27.9. The lowest BCUT2D eigenvalue weighted by atomic mass is 9.94. The zero-order valence-corrected chi connectivity index (χ0v) is 36.2. The van der Waals surface area contributed by atoms with Gasteiger partial charge in [0.25, 0.3) is 0 Å². The fourth-order valence-corrected chi connectivity index (χ4v) is 8.39. The molecule has 1 aliphatic rings. The van der Waals surface area contributed by atoms with Gasteiger partial charge < -0.3 is 10.6 Å². The molecule has 2 N–H and O–H groups in total. The molecule has 0 radical (unpaired) electrons. The van der Waals surface area contributed by atoms with Crippen molar-refractivity contribution in [3.8, 4) is 0 Å². The third-order valence-electron chi connectivity index (χ3n) is 12.0. The van der Waals surface area contributed by atoms with Crippen molar-refractivity contribution in [2.24, 2.45) is 0 Å². The van der Waals surface area contributed by atoms with Crippen molar-refractivity contribution in [2.45, 2.75) is 270 Å². The molecule has 0 spiro atoms. The lowest BCUT2D eigenvalue weighted by Gasteiger charge is -2.34. The maximum Gasteiger partial charge on any atom is 0.221 e. The molecule has 0 bridgehead atoms. The van der Waals surface area contributed by atoms with Crippen LogP contribution in [-0.4, -0.2) is 48.9 Å². The first-order valence-corrected chi connectivity index (χ1v) is 24.4. The highest BCUT2D eigenvalue weighted by Gasteiger charge is 2.22. The Bertz CT molecular complexity index is 714.